The fourth-order valence-corrected chi connectivity index (χ4v) is 2.60. The maximum Gasteiger partial charge on any atom is 0.128 e. The molecule has 0 saturated heterocycles. The number of para-hydroxylation sites is 1. The molecule has 0 aliphatic carbocycles. The standard InChI is InChI=1S/C16H14ClNO2/c1-18-12(8-11-4-2-7-15(17)16(11)18)10-20-14-6-3-5-13(19)9-14/h2-9,19H,10H2,1H3. The highest BCUT2D eigenvalue weighted by atomic mass is 35.5. The molecule has 0 fully saturated rings. The number of hydrogen-bond acceptors (Lipinski definition) is 2. The minimum absolute atomic E-state index is 0.197. The first kappa shape index (κ1) is 12.9. The molecule has 0 amide bonds. The van der Waals surface area contributed by atoms with Gasteiger partial charge in [-0.2, -0.15) is 0 Å². The molecule has 1 aromatic heterocycles. The summed E-state index contributed by atoms with van der Waals surface area (Å²) in [5.74, 6) is 0.837. The van der Waals surface area contributed by atoms with Gasteiger partial charge in [-0.15, -0.1) is 0 Å². The summed E-state index contributed by atoms with van der Waals surface area (Å²) in [5, 5.41) is 11.2. The molecule has 0 spiro atoms. The highest BCUT2D eigenvalue weighted by Gasteiger charge is 2.09. The van der Waals surface area contributed by atoms with Gasteiger partial charge in [-0.05, 0) is 24.3 Å². The summed E-state index contributed by atoms with van der Waals surface area (Å²) < 4.78 is 7.73. The Hall–Kier alpha value is -2.13. The molecule has 3 rings (SSSR count). The van der Waals surface area contributed by atoms with Crippen LogP contribution in [0, 0.1) is 0 Å². The van der Waals surface area contributed by atoms with E-state index >= 15 is 0 Å². The van der Waals surface area contributed by atoms with Crippen molar-refractivity contribution in [1.29, 1.82) is 0 Å². The first-order valence-electron chi connectivity index (χ1n) is 6.30. The van der Waals surface area contributed by atoms with E-state index in [2.05, 4.69) is 6.07 Å². The molecule has 1 N–H and O–H groups in total. The highest BCUT2D eigenvalue weighted by molar-refractivity contribution is 6.35. The number of halogens is 1. The van der Waals surface area contributed by atoms with Gasteiger partial charge in [0.1, 0.15) is 18.1 Å². The maximum absolute atomic E-state index is 9.41. The van der Waals surface area contributed by atoms with Gasteiger partial charge in [-0.1, -0.05) is 29.8 Å². The Morgan fingerprint density at radius 2 is 1.95 bits per heavy atom. The molecule has 0 saturated carbocycles. The van der Waals surface area contributed by atoms with Crippen molar-refractivity contribution in [3.63, 3.8) is 0 Å². The number of aromatic hydroxyl groups is 1. The molecular formula is C16H14ClNO2. The molecule has 0 atom stereocenters. The zero-order chi connectivity index (χ0) is 14.1. The van der Waals surface area contributed by atoms with Crippen LogP contribution in [0.15, 0.2) is 48.5 Å². The van der Waals surface area contributed by atoms with Gasteiger partial charge in [-0.25, -0.2) is 0 Å². The van der Waals surface area contributed by atoms with Gasteiger partial charge in [-0.3, -0.25) is 0 Å². The second-order valence-electron chi connectivity index (χ2n) is 4.66. The second kappa shape index (κ2) is 5.10. The van der Waals surface area contributed by atoms with E-state index in [0.29, 0.717) is 12.4 Å². The van der Waals surface area contributed by atoms with E-state index in [1.807, 2.05) is 35.9 Å². The van der Waals surface area contributed by atoms with E-state index in [1.54, 1.807) is 18.2 Å². The monoisotopic (exact) mass is 287 g/mol. The Kier molecular flexibility index (Phi) is 3.28. The van der Waals surface area contributed by atoms with Crippen molar-refractivity contribution < 1.29 is 9.84 Å². The van der Waals surface area contributed by atoms with Crippen LogP contribution in [0.4, 0.5) is 0 Å². The highest BCUT2D eigenvalue weighted by Crippen LogP contribution is 2.27. The molecular weight excluding hydrogens is 274 g/mol. The number of phenols is 1. The second-order valence-corrected chi connectivity index (χ2v) is 5.07. The van der Waals surface area contributed by atoms with E-state index in [0.717, 1.165) is 21.6 Å². The fraction of sp³-hybridized carbons (Fsp3) is 0.125. The lowest BCUT2D eigenvalue weighted by Gasteiger charge is -2.08. The third-order valence-corrected chi connectivity index (χ3v) is 3.62. The van der Waals surface area contributed by atoms with Gasteiger partial charge in [0.05, 0.1) is 16.2 Å². The third kappa shape index (κ3) is 2.32. The minimum Gasteiger partial charge on any atom is -0.508 e. The average molecular weight is 288 g/mol. The molecule has 102 valence electrons. The SMILES string of the molecule is Cn1c(COc2cccc(O)c2)cc2cccc(Cl)c21. The Labute approximate surface area is 122 Å². The van der Waals surface area contributed by atoms with Gasteiger partial charge in [0, 0.05) is 18.5 Å². The molecule has 20 heavy (non-hydrogen) atoms. The van der Waals surface area contributed by atoms with Crippen LogP contribution in [-0.4, -0.2) is 9.67 Å². The summed E-state index contributed by atoms with van der Waals surface area (Å²) in [5.41, 5.74) is 2.03. The first-order chi connectivity index (χ1) is 9.65. The molecule has 3 aromatic rings. The normalized spacial score (nSPS) is 10.9. The predicted octanol–water partition coefficient (Wildman–Crippen LogP) is 4.12. The van der Waals surface area contributed by atoms with Crippen LogP contribution in [-0.2, 0) is 13.7 Å². The van der Waals surface area contributed by atoms with E-state index in [-0.39, 0.29) is 5.75 Å². The summed E-state index contributed by atoms with van der Waals surface area (Å²) >= 11 is 6.22. The number of ether oxygens (including phenoxy) is 1. The number of hydrogen-bond donors (Lipinski definition) is 1. The molecule has 0 bridgehead atoms. The Bertz CT molecular complexity index is 764. The van der Waals surface area contributed by atoms with Crippen molar-refractivity contribution >= 4 is 22.5 Å². The average Bonchev–Trinajstić information content (AvgIpc) is 2.75. The molecule has 4 heteroatoms. The molecule has 0 aliphatic heterocycles. The molecule has 2 aromatic carbocycles. The molecule has 3 nitrogen and oxygen atoms in total. The number of nitrogens with zero attached hydrogens (tertiary/aromatic N) is 1. The van der Waals surface area contributed by atoms with Gasteiger partial charge in [0.15, 0.2) is 0 Å². The van der Waals surface area contributed by atoms with E-state index < -0.39 is 0 Å². The van der Waals surface area contributed by atoms with Crippen LogP contribution in [0.5, 0.6) is 11.5 Å². The number of aryl methyl sites for hydroxylation is 1. The molecule has 1 heterocycles. The Morgan fingerprint density at radius 3 is 2.70 bits per heavy atom. The lowest BCUT2D eigenvalue weighted by molar-refractivity contribution is 0.296. The van der Waals surface area contributed by atoms with Crippen LogP contribution in [0.1, 0.15) is 5.69 Å². The molecule has 0 aliphatic rings. The van der Waals surface area contributed by atoms with E-state index in [1.165, 1.54) is 0 Å². The van der Waals surface area contributed by atoms with Crippen molar-refractivity contribution in [2.24, 2.45) is 7.05 Å². The summed E-state index contributed by atoms with van der Waals surface area (Å²) in [6, 6.07) is 14.7. The third-order valence-electron chi connectivity index (χ3n) is 3.31. The van der Waals surface area contributed by atoms with Crippen molar-refractivity contribution in [1.82, 2.24) is 4.57 Å². The Morgan fingerprint density at radius 1 is 1.15 bits per heavy atom. The largest absolute Gasteiger partial charge is 0.508 e. The zero-order valence-electron chi connectivity index (χ0n) is 11.0. The fourth-order valence-electron chi connectivity index (χ4n) is 2.29. The van der Waals surface area contributed by atoms with Crippen molar-refractivity contribution in [2.75, 3.05) is 0 Å². The summed E-state index contributed by atoms with van der Waals surface area (Å²) in [6.45, 7) is 0.422. The van der Waals surface area contributed by atoms with Gasteiger partial charge < -0.3 is 14.4 Å². The zero-order valence-corrected chi connectivity index (χ0v) is 11.8. The lowest BCUT2D eigenvalue weighted by atomic mass is 10.2. The number of benzene rings is 2. The number of aromatic nitrogens is 1. The van der Waals surface area contributed by atoms with Gasteiger partial charge in [0.25, 0.3) is 0 Å². The number of phenolic OH excluding ortho intramolecular Hbond substituents is 1. The van der Waals surface area contributed by atoms with Crippen molar-refractivity contribution in [3.8, 4) is 11.5 Å². The first-order valence-corrected chi connectivity index (χ1v) is 6.67. The lowest BCUT2D eigenvalue weighted by Crippen LogP contribution is -2.01. The predicted molar refractivity (Wildman–Crippen MR) is 80.4 cm³/mol. The molecule has 0 unspecified atom stereocenters. The van der Waals surface area contributed by atoms with Crippen LogP contribution < -0.4 is 4.74 Å². The van der Waals surface area contributed by atoms with Crippen LogP contribution in [0.2, 0.25) is 5.02 Å². The quantitative estimate of drug-likeness (QED) is 0.786. The number of fused-ring (bicyclic) bond motifs is 1. The van der Waals surface area contributed by atoms with Crippen molar-refractivity contribution in [2.45, 2.75) is 6.61 Å². The van der Waals surface area contributed by atoms with Crippen LogP contribution in [0.3, 0.4) is 0 Å². The minimum atomic E-state index is 0.197. The van der Waals surface area contributed by atoms with Crippen LogP contribution >= 0.6 is 11.6 Å². The Balaban J connectivity index is 1.88. The number of rotatable bonds is 3. The molecule has 0 radical (unpaired) electrons. The summed E-state index contributed by atoms with van der Waals surface area (Å²) in [4.78, 5) is 0. The van der Waals surface area contributed by atoms with Crippen LogP contribution in [0.25, 0.3) is 10.9 Å². The van der Waals surface area contributed by atoms with Gasteiger partial charge in [0.2, 0.25) is 0 Å². The smallest absolute Gasteiger partial charge is 0.128 e. The van der Waals surface area contributed by atoms with E-state index in [9.17, 15) is 5.11 Å². The van der Waals surface area contributed by atoms with Crippen molar-refractivity contribution in [3.05, 3.63) is 59.2 Å². The summed E-state index contributed by atoms with van der Waals surface area (Å²) in [7, 11) is 1.97. The topological polar surface area (TPSA) is 34.4 Å². The maximum atomic E-state index is 9.41. The summed E-state index contributed by atoms with van der Waals surface area (Å²) in [6.07, 6.45) is 0. The van der Waals surface area contributed by atoms with E-state index in [4.69, 9.17) is 16.3 Å². The van der Waals surface area contributed by atoms with Gasteiger partial charge >= 0.3 is 0 Å².